The molecule has 3 heteroatoms. The summed E-state index contributed by atoms with van der Waals surface area (Å²) in [6, 6.07) is 9.28. The van der Waals surface area contributed by atoms with Crippen LogP contribution in [-0.4, -0.2) is 30.8 Å². The molecule has 1 aromatic carbocycles. The van der Waals surface area contributed by atoms with Gasteiger partial charge < -0.3 is 5.73 Å². The highest BCUT2D eigenvalue weighted by molar-refractivity contribution is 7.98. The van der Waals surface area contributed by atoms with Gasteiger partial charge >= 0.3 is 0 Å². The maximum Gasteiger partial charge on any atom is 0.0470 e. The van der Waals surface area contributed by atoms with E-state index in [0.29, 0.717) is 12.6 Å². The fraction of sp³-hybridized carbons (Fsp3) is 0.600. The molecule has 100 valence electrons. The third kappa shape index (κ3) is 3.28. The van der Waals surface area contributed by atoms with Crippen LogP contribution in [0.1, 0.15) is 31.4 Å². The molecule has 1 saturated heterocycles. The van der Waals surface area contributed by atoms with E-state index in [2.05, 4.69) is 42.3 Å². The summed E-state index contributed by atoms with van der Waals surface area (Å²) >= 11 is 1.79. The summed E-state index contributed by atoms with van der Waals surface area (Å²) in [6.45, 7) is 5.44. The summed E-state index contributed by atoms with van der Waals surface area (Å²) in [7, 11) is 0. The summed E-state index contributed by atoms with van der Waals surface area (Å²) in [5.74, 6) is 0.874. The van der Waals surface area contributed by atoms with Crippen molar-refractivity contribution in [1.29, 1.82) is 0 Å². The zero-order valence-corrected chi connectivity index (χ0v) is 12.2. The van der Waals surface area contributed by atoms with Gasteiger partial charge in [0.1, 0.15) is 0 Å². The number of rotatable bonds is 4. The van der Waals surface area contributed by atoms with Gasteiger partial charge in [0.15, 0.2) is 0 Å². The molecule has 1 aliphatic rings. The molecule has 1 atom stereocenters. The van der Waals surface area contributed by atoms with E-state index in [1.54, 1.807) is 11.8 Å². The predicted octanol–water partition coefficient (Wildman–Crippen LogP) is 3.14. The van der Waals surface area contributed by atoms with Crippen LogP contribution in [0.25, 0.3) is 0 Å². The molecule has 0 bridgehead atoms. The zero-order chi connectivity index (χ0) is 13.0. The van der Waals surface area contributed by atoms with Crippen molar-refractivity contribution in [2.24, 2.45) is 11.7 Å². The fourth-order valence-corrected chi connectivity index (χ4v) is 3.07. The number of nitrogens with two attached hydrogens (primary N) is 1. The van der Waals surface area contributed by atoms with E-state index in [1.165, 1.54) is 36.4 Å². The van der Waals surface area contributed by atoms with Crippen molar-refractivity contribution in [3.63, 3.8) is 0 Å². The molecular formula is C15H24N2S. The summed E-state index contributed by atoms with van der Waals surface area (Å²) in [4.78, 5) is 3.87. The summed E-state index contributed by atoms with van der Waals surface area (Å²) < 4.78 is 0. The van der Waals surface area contributed by atoms with Gasteiger partial charge in [0.25, 0.3) is 0 Å². The van der Waals surface area contributed by atoms with Crippen LogP contribution in [0.2, 0.25) is 0 Å². The highest BCUT2D eigenvalue weighted by atomic mass is 32.2. The maximum absolute atomic E-state index is 5.99. The van der Waals surface area contributed by atoms with Crippen LogP contribution >= 0.6 is 11.8 Å². The first-order chi connectivity index (χ1) is 8.74. The number of nitrogens with zero attached hydrogens (tertiary/aromatic N) is 1. The van der Waals surface area contributed by atoms with Crippen LogP contribution in [-0.2, 0) is 0 Å². The molecule has 1 aromatic rings. The molecule has 18 heavy (non-hydrogen) atoms. The Balaban J connectivity index is 2.07. The molecule has 1 unspecified atom stereocenters. The molecule has 2 N–H and O–H groups in total. The molecule has 0 aromatic heterocycles. The Morgan fingerprint density at radius 1 is 1.28 bits per heavy atom. The van der Waals surface area contributed by atoms with Crippen LogP contribution in [0.4, 0.5) is 0 Å². The van der Waals surface area contributed by atoms with E-state index in [4.69, 9.17) is 5.73 Å². The second-order valence-electron chi connectivity index (χ2n) is 5.24. The summed E-state index contributed by atoms with van der Waals surface area (Å²) in [5, 5.41) is 0. The van der Waals surface area contributed by atoms with E-state index in [0.717, 1.165) is 5.92 Å². The molecule has 1 heterocycles. The molecule has 2 nitrogen and oxygen atoms in total. The average Bonchev–Trinajstić information content (AvgIpc) is 2.42. The molecule has 0 saturated carbocycles. The molecule has 0 amide bonds. The maximum atomic E-state index is 5.99. The van der Waals surface area contributed by atoms with Crippen molar-refractivity contribution < 1.29 is 0 Å². The van der Waals surface area contributed by atoms with Crippen LogP contribution in [0, 0.1) is 5.92 Å². The van der Waals surface area contributed by atoms with Crippen molar-refractivity contribution in [2.45, 2.75) is 30.7 Å². The zero-order valence-electron chi connectivity index (χ0n) is 11.4. The van der Waals surface area contributed by atoms with Crippen LogP contribution in [0.3, 0.4) is 0 Å². The topological polar surface area (TPSA) is 29.3 Å². The Hall–Kier alpha value is -0.510. The Labute approximate surface area is 115 Å². The Morgan fingerprint density at radius 3 is 2.39 bits per heavy atom. The standard InChI is InChI=1S/C15H24N2S/c1-12-7-9-17(10-8-12)15(11-16)13-3-5-14(18-2)6-4-13/h3-6,12,15H,7-11,16H2,1-2H3. The normalized spacial score (nSPS) is 19.9. The number of hydrogen-bond donors (Lipinski definition) is 1. The molecular weight excluding hydrogens is 240 g/mol. The Morgan fingerprint density at radius 2 is 1.89 bits per heavy atom. The highest BCUT2D eigenvalue weighted by Crippen LogP contribution is 2.27. The van der Waals surface area contributed by atoms with Gasteiger partial charge in [0.2, 0.25) is 0 Å². The van der Waals surface area contributed by atoms with E-state index < -0.39 is 0 Å². The second-order valence-corrected chi connectivity index (χ2v) is 6.12. The van der Waals surface area contributed by atoms with E-state index in [-0.39, 0.29) is 0 Å². The van der Waals surface area contributed by atoms with E-state index in [1.807, 2.05) is 0 Å². The molecule has 0 radical (unpaired) electrons. The molecule has 0 spiro atoms. The fourth-order valence-electron chi connectivity index (χ4n) is 2.66. The van der Waals surface area contributed by atoms with Crippen molar-refractivity contribution in [2.75, 3.05) is 25.9 Å². The Bertz CT molecular complexity index is 355. The lowest BCUT2D eigenvalue weighted by Gasteiger charge is -2.36. The van der Waals surface area contributed by atoms with Gasteiger partial charge in [-0.2, -0.15) is 0 Å². The SMILES string of the molecule is CSc1ccc(C(CN)N2CCC(C)CC2)cc1. The van der Waals surface area contributed by atoms with Gasteiger partial charge in [0.05, 0.1) is 0 Å². The number of likely N-dealkylation sites (tertiary alicyclic amines) is 1. The van der Waals surface area contributed by atoms with Gasteiger partial charge in [-0.05, 0) is 55.8 Å². The third-order valence-electron chi connectivity index (χ3n) is 3.98. The van der Waals surface area contributed by atoms with Crippen LogP contribution in [0.5, 0.6) is 0 Å². The monoisotopic (exact) mass is 264 g/mol. The third-order valence-corrected chi connectivity index (χ3v) is 4.73. The molecule has 1 fully saturated rings. The minimum absolute atomic E-state index is 0.397. The van der Waals surface area contributed by atoms with Gasteiger partial charge in [0, 0.05) is 17.5 Å². The minimum Gasteiger partial charge on any atom is -0.329 e. The van der Waals surface area contributed by atoms with Crippen molar-refractivity contribution in [1.82, 2.24) is 4.90 Å². The molecule has 2 rings (SSSR count). The number of thioether (sulfide) groups is 1. The molecule has 0 aliphatic carbocycles. The van der Waals surface area contributed by atoms with Gasteiger partial charge in [-0.3, -0.25) is 4.90 Å². The van der Waals surface area contributed by atoms with E-state index >= 15 is 0 Å². The van der Waals surface area contributed by atoms with Gasteiger partial charge in [-0.15, -0.1) is 11.8 Å². The van der Waals surface area contributed by atoms with Crippen molar-refractivity contribution in [3.05, 3.63) is 29.8 Å². The Kier molecular flexibility index (Phi) is 5.10. The summed E-state index contributed by atoms with van der Waals surface area (Å²) in [6.07, 6.45) is 4.72. The van der Waals surface area contributed by atoms with Crippen molar-refractivity contribution >= 4 is 11.8 Å². The van der Waals surface area contributed by atoms with Crippen LogP contribution in [0.15, 0.2) is 29.2 Å². The van der Waals surface area contributed by atoms with Gasteiger partial charge in [-0.25, -0.2) is 0 Å². The average molecular weight is 264 g/mol. The first kappa shape index (κ1) is 13.9. The predicted molar refractivity (Wildman–Crippen MR) is 80.0 cm³/mol. The lowest BCUT2D eigenvalue weighted by molar-refractivity contribution is 0.141. The largest absolute Gasteiger partial charge is 0.329 e. The number of piperidine rings is 1. The summed E-state index contributed by atoms with van der Waals surface area (Å²) in [5.41, 5.74) is 7.36. The van der Waals surface area contributed by atoms with Gasteiger partial charge in [-0.1, -0.05) is 19.1 Å². The minimum atomic E-state index is 0.397. The van der Waals surface area contributed by atoms with Crippen molar-refractivity contribution in [3.8, 4) is 0 Å². The quantitative estimate of drug-likeness (QED) is 0.847. The number of hydrogen-bond acceptors (Lipinski definition) is 3. The lowest BCUT2D eigenvalue weighted by atomic mass is 9.96. The molecule has 1 aliphatic heterocycles. The van der Waals surface area contributed by atoms with Crippen LogP contribution < -0.4 is 5.73 Å². The highest BCUT2D eigenvalue weighted by Gasteiger charge is 2.23. The lowest BCUT2D eigenvalue weighted by Crippen LogP contribution is -2.39. The first-order valence-corrected chi connectivity index (χ1v) is 8.05. The second kappa shape index (κ2) is 6.60. The number of benzene rings is 1. The smallest absolute Gasteiger partial charge is 0.0470 e. The first-order valence-electron chi connectivity index (χ1n) is 6.82. The van der Waals surface area contributed by atoms with E-state index in [9.17, 15) is 0 Å².